The fourth-order valence-electron chi connectivity index (χ4n) is 5.97. The summed E-state index contributed by atoms with van der Waals surface area (Å²) in [6.07, 6.45) is 2.99. The minimum absolute atomic E-state index is 0.0646. The summed E-state index contributed by atoms with van der Waals surface area (Å²) in [5.41, 5.74) is 7.27. The number of benzene rings is 2. The van der Waals surface area contributed by atoms with Crippen molar-refractivity contribution in [3.8, 4) is 0 Å². The molecule has 0 fully saturated rings. The SMILES string of the molecule is Cc1c([C@H]2NC(=O)c3c(sc4c3CC[C@@H](C(C)(C)C)C4)N2)c2ccccc2n1Cc1ccccc1. The average molecular weight is 484 g/mol. The van der Waals surface area contributed by atoms with Gasteiger partial charge in [0.15, 0.2) is 0 Å². The largest absolute Gasteiger partial charge is 0.353 e. The van der Waals surface area contributed by atoms with Crippen LogP contribution in [0.3, 0.4) is 0 Å². The van der Waals surface area contributed by atoms with Gasteiger partial charge >= 0.3 is 0 Å². The molecule has 3 heterocycles. The van der Waals surface area contributed by atoms with Crippen molar-refractivity contribution in [2.24, 2.45) is 11.3 Å². The van der Waals surface area contributed by atoms with E-state index < -0.39 is 0 Å². The predicted octanol–water partition coefficient (Wildman–Crippen LogP) is 7.06. The van der Waals surface area contributed by atoms with Crippen LogP contribution >= 0.6 is 11.3 Å². The van der Waals surface area contributed by atoms with Gasteiger partial charge in [-0.2, -0.15) is 0 Å². The van der Waals surface area contributed by atoms with Crippen molar-refractivity contribution in [1.29, 1.82) is 0 Å². The van der Waals surface area contributed by atoms with Crippen molar-refractivity contribution >= 4 is 33.1 Å². The number of anilines is 1. The number of fused-ring (bicyclic) bond motifs is 4. The maximum atomic E-state index is 13.5. The van der Waals surface area contributed by atoms with Crippen LogP contribution in [0.25, 0.3) is 10.9 Å². The molecule has 6 rings (SSSR count). The average Bonchev–Trinajstić information content (AvgIpc) is 3.34. The first-order chi connectivity index (χ1) is 16.8. The third-order valence-corrected chi connectivity index (χ3v) is 9.21. The molecule has 0 saturated heterocycles. The summed E-state index contributed by atoms with van der Waals surface area (Å²) < 4.78 is 2.37. The van der Waals surface area contributed by atoms with E-state index in [0.717, 1.165) is 41.9 Å². The lowest BCUT2D eigenvalue weighted by Gasteiger charge is -2.34. The van der Waals surface area contributed by atoms with E-state index in [9.17, 15) is 4.79 Å². The molecular weight excluding hydrogens is 450 g/mol. The number of para-hydroxylation sites is 1. The van der Waals surface area contributed by atoms with Crippen LogP contribution in [0.15, 0.2) is 54.6 Å². The van der Waals surface area contributed by atoms with Crippen LogP contribution in [0.1, 0.15) is 71.0 Å². The Morgan fingerprint density at radius 3 is 2.54 bits per heavy atom. The van der Waals surface area contributed by atoms with Gasteiger partial charge in [-0.3, -0.25) is 4.79 Å². The molecule has 0 saturated carbocycles. The Bertz CT molecular complexity index is 1420. The summed E-state index contributed by atoms with van der Waals surface area (Å²) in [5.74, 6) is 0.724. The van der Waals surface area contributed by atoms with Crippen LogP contribution in [0.2, 0.25) is 0 Å². The first-order valence-corrected chi connectivity index (χ1v) is 13.5. The Kier molecular flexibility index (Phi) is 5.29. The van der Waals surface area contributed by atoms with E-state index in [-0.39, 0.29) is 17.5 Å². The van der Waals surface area contributed by atoms with Crippen LogP contribution in [-0.4, -0.2) is 10.5 Å². The van der Waals surface area contributed by atoms with Gasteiger partial charge in [0.25, 0.3) is 5.91 Å². The second kappa shape index (κ2) is 8.27. The van der Waals surface area contributed by atoms with Crippen molar-refractivity contribution in [3.63, 3.8) is 0 Å². The van der Waals surface area contributed by atoms with E-state index in [0.29, 0.717) is 5.92 Å². The zero-order chi connectivity index (χ0) is 24.3. The molecule has 35 heavy (non-hydrogen) atoms. The number of thiophene rings is 1. The van der Waals surface area contributed by atoms with Gasteiger partial charge in [-0.05, 0) is 54.7 Å². The molecule has 4 aromatic rings. The molecule has 5 heteroatoms. The maximum Gasteiger partial charge on any atom is 0.256 e. The maximum absolute atomic E-state index is 13.5. The second-order valence-electron chi connectivity index (χ2n) is 11.2. The lowest BCUT2D eigenvalue weighted by Crippen LogP contribution is -2.38. The van der Waals surface area contributed by atoms with Gasteiger partial charge in [-0.1, -0.05) is 69.3 Å². The predicted molar refractivity (Wildman–Crippen MR) is 145 cm³/mol. The topological polar surface area (TPSA) is 46.1 Å². The van der Waals surface area contributed by atoms with Gasteiger partial charge in [0.05, 0.1) is 5.56 Å². The highest BCUT2D eigenvalue weighted by atomic mass is 32.1. The van der Waals surface area contributed by atoms with Gasteiger partial charge < -0.3 is 15.2 Å². The third kappa shape index (κ3) is 3.77. The Hall–Kier alpha value is -3.05. The first kappa shape index (κ1) is 22.4. The monoisotopic (exact) mass is 483 g/mol. The number of aromatic nitrogens is 1. The highest BCUT2D eigenvalue weighted by Gasteiger charge is 2.37. The zero-order valence-electron chi connectivity index (χ0n) is 20.9. The van der Waals surface area contributed by atoms with E-state index in [4.69, 9.17) is 0 Å². The van der Waals surface area contributed by atoms with Crippen molar-refractivity contribution in [2.45, 2.75) is 59.7 Å². The number of amides is 1. The van der Waals surface area contributed by atoms with E-state index in [2.05, 4.69) is 97.5 Å². The molecule has 4 nitrogen and oxygen atoms in total. The van der Waals surface area contributed by atoms with E-state index in [1.807, 2.05) is 0 Å². The standard InChI is InChI=1S/C30H33N3OS/c1-18-25(21-12-8-9-13-23(21)33(18)17-19-10-6-5-7-11-19)27-31-28(34)26-22-15-14-20(30(2,3)4)16-24(22)35-29(26)32-27/h5-13,20,27,32H,14-17H2,1-4H3,(H,31,34)/t20-,27+/m1/s1. The minimum Gasteiger partial charge on any atom is -0.353 e. The summed E-state index contributed by atoms with van der Waals surface area (Å²) in [5, 5.41) is 9.29. The van der Waals surface area contributed by atoms with Gasteiger partial charge in [-0.25, -0.2) is 0 Å². The lowest BCUT2D eigenvalue weighted by atomic mass is 9.72. The molecule has 0 unspecified atom stereocenters. The van der Waals surface area contributed by atoms with Gasteiger partial charge in [0.1, 0.15) is 11.2 Å². The van der Waals surface area contributed by atoms with Crippen molar-refractivity contribution in [3.05, 3.63) is 87.4 Å². The fraction of sp³-hybridized carbons (Fsp3) is 0.367. The molecule has 0 spiro atoms. The molecule has 2 aromatic carbocycles. The molecule has 180 valence electrons. The number of nitrogens with one attached hydrogen (secondary N) is 2. The van der Waals surface area contributed by atoms with Crippen LogP contribution in [0.5, 0.6) is 0 Å². The summed E-state index contributed by atoms with van der Waals surface area (Å²) in [7, 11) is 0. The van der Waals surface area contributed by atoms with Crippen molar-refractivity contribution < 1.29 is 4.79 Å². The number of rotatable bonds is 3. The fourth-order valence-corrected chi connectivity index (χ4v) is 7.33. The Morgan fingerprint density at radius 2 is 1.77 bits per heavy atom. The molecule has 2 N–H and O–H groups in total. The Labute approximate surface area is 211 Å². The quantitative estimate of drug-likeness (QED) is 0.327. The number of hydrogen-bond acceptors (Lipinski definition) is 3. The number of hydrogen-bond donors (Lipinski definition) is 2. The molecular formula is C30H33N3OS. The number of carbonyl (C=O) groups excluding carboxylic acids is 1. The second-order valence-corrected chi connectivity index (χ2v) is 12.3. The van der Waals surface area contributed by atoms with Crippen LogP contribution in [0.4, 0.5) is 5.00 Å². The van der Waals surface area contributed by atoms with E-state index in [1.54, 1.807) is 11.3 Å². The first-order valence-electron chi connectivity index (χ1n) is 12.6. The zero-order valence-corrected chi connectivity index (χ0v) is 21.8. The Morgan fingerprint density at radius 1 is 1.03 bits per heavy atom. The molecule has 0 radical (unpaired) electrons. The molecule has 2 aliphatic rings. The molecule has 2 aromatic heterocycles. The van der Waals surface area contributed by atoms with E-state index >= 15 is 0 Å². The molecule has 1 aliphatic carbocycles. The third-order valence-electron chi connectivity index (χ3n) is 8.02. The normalized spacial score (nSPS) is 19.7. The Balaban J connectivity index is 1.38. The number of nitrogens with zero attached hydrogens (tertiary/aromatic N) is 1. The summed E-state index contributed by atoms with van der Waals surface area (Å²) in [6, 6.07) is 19.1. The lowest BCUT2D eigenvalue weighted by molar-refractivity contribution is 0.0935. The van der Waals surface area contributed by atoms with Crippen LogP contribution in [-0.2, 0) is 19.4 Å². The van der Waals surface area contributed by atoms with Crippen LogP contribution < -0.4 is 10.6 Å². The van der Waals surface area contributed by atoms with E-state index in [1.165, 1.54) is 32.6 Å². The smallest absolute Gasteiger partial charge is 0.256 e. The van der Waals surface area contributed by atoms with Crippen molar-refractivity contribution in [2.75, 3.05) is 5.32 Å². The molecule has 0 bridgehead atoms. The highest BCUT2D eigenvalue weighted by molar-refractivity contribution is 7.16. The minimum atomic E-state index is -0.240. The van der Waals surface area contributed by atoms with Gasteiger partial charge in [-0.15, -0.1) is 11.3 Å². The number of carbonyl (C=O) groups is 1. The van der Waals surface area contributed by atoms with Gasteiger partial charge in [0.2, 0.25) is 0 Å². The molecule has 2 atom stereocenters. The highest BCUT2D eigenvalue weighted by Crippen LogP contribution is 2.46. The van der Waals surface area contributed by atoms with Crippen molar-refractivity contribution in [1.82, 2.24) is 9.88 Å². The summed E-state index contributed by atoms with van der Waals surface area (Å²) >= 11 is 1.80. The molecule has 1 aliphatic heterocycles. The summed E-state index contributed by atoms with van der Waals surface area (Å²) in [4.78, 5) is 14.9. The summed E-state index contributed by atoms with van der Waals surface area (Å²) in [6.45, 7) is 10.00. The van der Waals surface area contributed by atoms with Crippen LogP contribution in [0, 0.1) is 18.3 Å². The molecule has 1 amide bonds. The van der Waals surface area contributed by atoms with Gasteiger partial charge in [0, 0.05) is 33.6 Å².